The maximum Gasteiger partial charge on any atom is 0.394 e. The number of hydrogen-bond donors (Lipinski definition) is 2. The number of nitrogens with zero attached hydrogens (tertiary/aromatic N) is 2. The zero-order valence-corrected chi connectivity index (χ0v) is 14.9. The van der Waals surface area contributed by atoms with Crippen molar-refractivity contribution in [1.29, 1.82) is 0 Å². The molecule has 2 heterocycles. The summed E-state index contributed by atoms with van der Waals surface area (Å²) in [6, 6.07) is 5.81. The number of alkyl halides is 3. The molecule has 150 valence electrons. The standard InChI is InChI=1S/C18H18F3N3O4/c1-2-28-14-6-5-13(15-10(14)4-3-7-22-15)23-17(27)24-8-11(16(25)26)12(9-24)18(19,20)21/h3-7,11-12H,2,8-9H2,1H3,(H,23,27)(H,25,26)/t11-,12-/m1/s1. The van der Waals surface area contributed by atoms with Gasteiger partial charge in [-0.05, 0) is 31.2 Å². The minimum Gasteiger partial charge on any atom is -0.493 e. The molecular weight excluding hydrogens is 379 g/mol. The van der Waals surface area contributed by atoms with Crippen LogP contribution in [0.1, 0.15) is 6.92 Å². The van der Waals surface area contributed by atoms with Crippen LogP contribution in [-0.2, 0) is 4.79 Å². The van der Waals surface area contributed by atoms with Crippen LogP contribution in [-0.4, -0.2) is 52.9 Å². The van der Waals surface area contributed by atoms with E-state index in [1.165, 1.54) is 6.20 Å². The zero-order chi connectivity index (χ0) is 20.5. The Morgan fingerprint density at radius 1 is 1.32 bits per heavy atom. The molecule has 0 radical (unpaired) electrons. The van der Waals surface area contributed by atoms with Crippen LogP contribution in [0.2, 0.25) is 0 Å². The number of anilines is 1. The Morgan fingerprint density at radius 2 is 2.07 bits per heavy atom. The second kappa shape index (κ2) is 7.53. The van der Waals surface area contributed by atoms with Crippen LogP contribution in [0, 0.1) is 11.8 Å². The summed E-state index contributed by atoms with van der Waals surface area (Å²) >= 11 is 0. The summed E-state index contributed by atoms with van der Waals surface area (Å²) in [4.78, 5) is 28.8. The van der Waals surface area contributed by atoms with Crippen molar-refractivity contribution in [3.05, 3.63) is 30.5 Å². The number of nitrogens with one attached hydrogen (secondary N) is 1. The van der Waals surface area contributed by atoms with Crippen LogP contribution >= 0.6 is 0 Å². The number of aliphatic carboxylic acids is 1. The van der Waals surface area contributed by atoms with Crippen molar-refractivity contribution in [1.82, 2.24) is 9.88 Å². The molecule has 1 aromatic carbocycles. The number of rotatable bonds is 4. The van der Waals surface area contributed by atoms with Gasteiger partial charge in [-0.3, -0.25) is 9.78 Å². The van der Waals surface area contributed by atoms with Crippen molar-refractivity contribution in [3.8, 4) is 5.75 Å². The molecule has 1 saturated heterocycles. The smallest absolute Gasteiger partial charge is 0.394 e. The number of carbonyl (C=O) groups is 2. The largest absolute Gasteiger partial charge is 0.493 e. The van der Waals surface area contributed by atoms with Gasteiger partial charge in [-0.15, -0.1) is 0 Å². The zero-order valence-electron chi connectivity index (χ0n) is 14.9. The maximum absolute atomic E-state index is 13.1. The predicted octanol–water partition coefficient (Wildman–Crippen LogP) is 3.36. The number of aromatic nitrogens is 1. The van der Waals surface area contributed by atoms with Gasteiger partial charge < -0.3 is 20.1 Å². The molecule has 0 bridgehead atoms. The first kappa shape index (κ1) is 19.7. The first-order chi connectivity index (χ1) is 13.2. The molecule has 2 atom stereocenters. The Balaban J connectivity index is 1.84. The van der Waals surface area contributed by atoms with E-state index in [9.17, 15) is 22.8 Å². The Hall–Kier alpha value is -3.04. The van der Waals surface area contributed by atoms with Crippen molar-refractivity contribution >= 4 is 28.6 Å². The van der Waals surface area contributed by atoms with Gasteiger partial charge in [-0.25, -0.2) is 4.79 Å². The highest BCUT2D eigenvalue weighted by molar-refractivity contribution is 6.01. The fourth-order valence-corrected chi connectivity index (χ4v) is 3.27. The number of carboxylic acids is 1. The summed E-state index contributed by atoms with van der Waals surface area (Å²) in [7, 11) is 0. The average Bonchev–Trinajstić information content (AvgIpc) is 3.10. The lowest BCUT2D eigenvalue weighted by Crippen LogP contribution is -2.35. The molecule has 28 heavy (non-hydrogen) atoms. The molecule has 2 aromatic rings. The van der Waals surface area contributed by atoms with Crippen LogP contribution in [0.4, 0.5) is 23.7 Å². The van der Waals surface area contributed by atoms with E-state index in [2.05, 4.69) is 10.3 Å². The van der Waals surface area contributed by atoms with Gasteiger partial charge in [0, 0.05) is 24.7 Å². The lowest BCUT2D eigenvalue weighted by molar-refractivity contribution is -0.187. The van der Waals surface area contributed by atoms with Crippen molar-refractivity contribution in [2.45, 2.75) is 13.1 Å². The number of amides is 2. The molecule has 1 aliphatic rings. The van der Waals surface area contributed by atoms with E-state index >= 15 is 0 Å². The van der Waals surface area contributed by atoms with E-state index < -0.39 is 43.1 Å². The molecular formula is C18H18F3N3O4. The number of likely N-dealkylation sites (tertiary alicyclic amines) is 1. The summed E-state index contributed by atoms with van der Waals surface area (Å²) in [5.41, 5.74) is 0.717. The fourth-order valence-electron chi connectivity index (χ4n) is 3.27. The van der Waals surface area contributed by atoms with Crippen LogP contribution < -0.4 is 10.1 Å². The molecule has 7 nitrogen and oxygen atoms in total. The number of fused-ring (bicyclic) bond motifs is 1. The summed E-state index contributed by atoms with van der Waals surface area (Å²) in [6.07, 6.45) is -3.19. The quantitative estimate of drug-likeness (QED) is 0.826. The van der Waals surface area contributed by atoms with Gasteiger partial charge in [0.2, 0.25) is 0 Å². The maximum atomic E-state index is 13.1. The summed E-state index contributed by atoms with van der Waals surface area (Å²) in [6.45, 7) is 1.02. The van der Waals surface area contributed by atoms with Gasteiger partial charge in [0.15, 0.2) is 0 Å². The predicted molar refractivity (Wildman–Crippen MR) is 94.2 cm³/mol. The van der Waals surface area contributed by atoms with Crippen molar-refractivity contribution in [2.75, 3.05) is 25.0 Å². The highest BCUT2D eigenvalue weighted by Crippen LogP contribution is 2.38. The summed E-state index contributed by atoms with van der Waals surface area (Å²) in [5, 5.41) is 12.3. The SMILES string of the molecule is CCOc1ccc(NC(=O)N2C[C@@H](C(F)(F)F)[C@H](C(=O)O)C2)c2ncccc12. The second-order valence-corrected chi connectivity index (χ2v) is 6.37. The van der Waals surface area contributed by atoms with E-state index in [4.69, 9.17) is 9.84 Å². The van der Waals surface area contributed by atoms with E-state index in [-0.39, 0.29) is 0 Å². The molecule has 0 saturated carbocycles. The van der Waals surface area contributed by atoms with Gasteiger partial charge in [-0.1, -0.05) is 0 Å². The molecule has 1 aromatic heterocycles. The molecule has 2 N–H and O–H groups in total. The first-order valence-corrected chi connectivity index (χ1v) is 8.58. The lowest BCUT2D eigenvalue weighted by atomic mass is 9.96. The third kappa shape index (κ3) is 3.80. The molecule has 3 rings (SSSR count). The average molecular weight is 397 g/mol. The highest BCUT2D eigenvalue weighted by Gasteiger charge is 2.53. The minimum absolute atomic E-state index is 0.298. The number of urea groups is 1. The number of carbonyl (C=O) groups excluding carboxylic acids is 1. The number of hydrogen-bond acceptors (Lipinski definition) is 4. The lowest BCUT2D eigenvalue weighted by Gasteiger charge is -2.19. The third-order valence-corrected chi connectivity index (χ3v) is 4.62. The normalized spacial score (nSPS) is 19.6. The van der Waals surface area contributed by atoms with Crippen molar-refractivity contribution in [2.24, 2.45) is 11.8 Å². The van der Waals surface area contributed by atoms with E-state index in [1.54, 1.807) is 24.3 Å². The van der Waals surface area contributed by atoms with E-state index in [1.807, 2.05) is 6.92 Å². The number of ether oxygens (including phenoxy) is 1. The number of carboxylic acid groups (broad SMARTS) is 1. The van der Waals surface area contributed by atoms with E-state index in [0.717, 1.165) is 4.90 Å². The van der Waals surface area contributed by atoms with Gasteiger partial charge in [0.25, 0.3) is 0 Å². The van der Waals surface area contributed by atoms with Crippen LogP contribution in [0.5, 0.6) is 5.75 Å². The molecule has 0 unspecified atom stereocenters. The Morgan fingerprint density at radius 3 is 2.68 bits per heavy atom. The summed E-state index contributed by atoms with van der Waals surface area (Å²) in [5.74, 6) is -4.81. The van der Waals surface area contributed by atoms with E-state index in [0.29, 0.717) is 28.9 Å². The molecule has 0 aliphatic carbocycles. The van der Waals surface area contributed by atoms with Crippen molar-refractivity contribution < 1.29 is 32.6 Å². The van der Waals surface area contributed by atoms with Gasteiger partial charge in [0.1, 0.15) is 5.75 Å². The van der Waals surface area contributed by atoms with Crippen LogP contribution in [0.25, 0.3) is 10.9 Å². The first-order valence-electron chi connectivity index (χ1n) is 8.58. The number of benzene rings is 1. The highest BCUT2D eigenvalue weighted by atomic mass is 19.4. The molecule has 1 fully saturated rings. The topological polar surface area (TPSA) is 91.8 Å². The second-order valence-electron chi connectivity index (χ2n) is 6.37. The van der Waals surface area contributed by atoms with Crippen LogP contribution in [0.15, 0.2) is 30.5 Å². The third-order valence-electron chi connectivity index (χ3n) is 4.62. The summed E-state index contributed by atoms with van der Waals surface area (Å²) < 4.78 is 44.9. The van der Waals surface area contributed by atoms with Gasteiger partial charge in [-0.2, -0.15) is 13.2 Å². The molecule has 2 amide bonds. The van der Waals surface area contributed by atoms with Crippen molar-refractivity contribution in [3.63, 3.8) is 0 Å². The molecule has 0 spiro atoms. The monoisotopic (exact) mass is 397 g/mol. The molecule has 10 heteroatoms. The van der Waals surface area contributed by atoms with Gasteiger partial charge in [0.05, 0.1) is 29.6 Å². The minimum atomic E-state index is -4.70. The molecule has 1 aliphatic heterocycles. The fraction of sp³-hybridized carbons (Fsp3) is 0.389. The number of pyridine rings is 1. The Labute approximate surface area is 158 Å². The van der Waals surface area contributed by atoms with Gasteiger partial charge >= 0.3 is 18.2 Å². The van der Waals surface area contributed by atoms with Crippen LogP contribution in [0.3, 0.4) is 0 Å². The Kier molecular flexibility index (Phi) is 5.30. The Bertz CT molecular complexity index is 903. The number of halogens is 3.